The third-order valence-electron chi connectivity index (χ3n) is 6.29. The van der Waals surface area contributed by atoms with Crippen LogP contribution in [0.3, 0.4) is 0 Å². The van der Waals surface area contributed by atoms with Gasteiger partial charge in [-0.2, -0.15) is 0 Å². The van der Waals surface area contributed by atoms with Crippen LogP contribution in [-0.4, -0.2) is 60.1 Å². The molecule has 9 heteroatoms. The second kappa shape index (κ2) is 9.38. The first-order chi connectivity index (χ1) is 15.5. The molecule has 1 fully saturated rings. The van der Waals surface area contributed by atoms with Crippen molar-refractivity contribution < 1.29 is 23.9 Å². The molecule has 2 amide bonds. The Balaban J connectivity index is 1.70. The predicted octanol–water partition coefficient (Wildman–Crippen LogP) is 3.46. The Bertz CT molecular complexity index is 1010. The van der Waals surface area contributed by atoms with Gasteiger partial charge in [0.15, 0.2) is 10.8 Å². The van der Waals surface area contributed by atoms with E-state index in [-0.39, 0.29) is 24.1 Å². The number of anilines is 1. The quantitative estimate of drug-likeness (QED) is 0.640. The zero-order chi connectivity index (χ0) is 22.7. The number of thiazole rings is 1. The zero-order valence-corrected chi connectivity index (χ0v) is 19.1. The van der Waals surface area contributed by atoms with Crippen LogP contribution in [0.4, 0.5) is 5.13 Å². The summed E-state index contributed by atoms with van der Waals surface area (Å²) >= 11 is 1.18. The summed E-state index contributed by atoms with van der Waals surface area (Å²) in [5.41, 5.74) is 0.860. The van der Waals surface area contributed by atoms with E-state index in [1.807, 2.05) is 23.1 Å². The molecule has 1 aliphatic heterocycles. The molecule has 2 aliphatic rings. The number of rotatable bonds is 7. The van der Waals surface area contributed by atoms with Crippen LogP contribution >= 0.6 is 11.3 Å². The molecule has 1 aliphatic carbocycles. The summed E-state index contributed by atoms with van der Waals surface area (Å²) in [5, 5.41) is 4.81. The Morgan fingerprint density at radius 2 is 2.03 bits per heavy atom. The van der Waals surface area contributed by atoms with Gasteiger partial charge in [0.1, 0.15) is 0 Å². The topological polar surface area (TPSA) is 97.8 Å². The molecule has 0 saturated heterocycles. The smallest absolute Gasteiger partial charge is 0.357 e. The van der Waals surface area contributed by atoms with Gasteiger partial charge in [0.2, 0.25) is 5.91 Å². The van der Waals surface area contributed by atoms with Crippen LogP contribution in [0.2, 0.25) is 0 Å². The molecule has 1 aromatic carbocycles. The molecule has 1 atom stereocenters. The minimum absolute atomic E-state index is 0.0533. The van der Waals surface area contributed by atoms with E-state index in [9.17, 15) is 14.4 Å². The average molecular weight is 458 g/mol. The van der Waals surface area contributed by atoms with Gasteiger partial charge in [-0.25, -0.2) is 9.78 Å². The number of carbonyl (C=O) groups excluding carboxylic acids is 3. The number of benzene rings is 1. The molecular weight excluding hydrogens is 430 g/mol. The minimum atomic E-state index is -0.602. The molecule has 170 valence electrons. The van der Waals surface area contributed by atoms with Crippen LogP contribution in [0.25, 0.3) is 0 Å². The second-order valence-electron chi connectivity index (χ2n) is 8.03. The molecule has 0 unspecified atom stereocenters. The van der Waals surface area contributed by atoms with E-state index in [1.54, 1.807) is 25.5 Å². The summed E-state index contributed by atoms with van der Waals surface area (Å²) in [5.74, 6) is -1.33. The molecule has 1 N–H and O–H groups in total. The number of nitrogens with zero attached hydrogens (tertiary/aromatic N) is 2. The van der Waals surface area contributed by atoms with Crippen molar-refractivity contribution in [2.75, 3.05) is 32.2 Å². The standard InChI is InChI=1S/C23H27N3O5S/c1-3-31-21(29)17-14-32-22(24-17)25-19(27)18-15-8-4-5-9-16(15)20(28)26(12-13-30-2)23(18)10-6-7-11-23/h4-5,8-9,14,18H,3,6-7,10-13H2,1-2H3,(H,24,25,27)/t18-/m1/s1. The summed E-state index contributed by atoms with van der Waals surface area (Å²) in [4.78, 5) is 45.1. The molecule has 0 bridgehead atoms. The number of methoxy groups -OCH3 is 1. The van der Waals surface area contributed by atoms with Crippen molar-refractivity contribution in [1.29, 1.82) is 0 Å². The average Bonchev–Trinajstić information content (AvgIpc) is 3.45. The number of ether oxygens (including phenoxy) is 2. The van der Waals surface area contributed by atoms with E-state index in [1.165, 1.54) is 11.3 Å². The van der Waals surface area contributed by atoms with Gasteiger partial charge in [0, 0.05) is 24.6 Å². The number of fused-ring (bicyclic) bond motifs is 1. The monoisotopic (exact) mass is 457 g/mol. The Hall–Kier alpha value is -2.78. The second-order valence-corrected chi connectivity index (χ2v) is 8.89. The summed E-state index contributed by atoms with van der Waals surface area (Å²) in [7, 11) is 1.61. The normalized spacial score (nSPS) is 19.1. The first-order valence-corrected chi connectivity index (χ1v) is 11.7. The van der Waals surface area contributed by atoms with Crippen LogP contribution in [0.1, 0.15) is 64.9 Å². The van der Waals surface area contributed by atoms with Gasteiger partial charge < -0.3 is 19.7 Å². The van der Waals surface area contributed by atoms with Crippen molar-refractivity contribution in [1.82, 2.24) is 9.88 Å². The van der Waals surface area contributed by atoms with E-state index in [4.69, 9.17) is 9.47 Å². The van der Waals surface area contributed by atoms with Crippen molar-refractivity contribution in [2.45, 2.75) is 44.1 Å². The fourth-order valence-electron chi connectivity index (χ4n) is 4.98. The van der Waals surface area contributed by atoms with Gasteiger partial charge in [0.25, 0.3) is 5.91 Å². The summed E-state index contributed by atoms with van der Waals surface area (Å²) in [6.07, 6.45) is 3.40. The lowest BCUT2D eigenvalue weighted by atomic mass is 9.71. The number of aromatic nitrogens is 1. The van der Waals surface area contributed by atoms with Gasteiger partial charge in [-0.05, 0) is 31.4 Å². The fourth-order valence-corrected chi connectivity index (χ4v) is 5.66. The van der Waals surface area contributed by atoms with E-state index in [0.29, 0.717) is 23.8 Å². The highest BCUT2D eigenvalue weighted by Crippen LogP contribution is 2.50. The maximum absolute atomic E-state index is 13.7. The highest BCUT2D eigenvalue weighted by molar-refractivity contribution is 7.14. The fraction of sp³-hybridized carbons (Fsp3) is 0.478. The van der Waals surface area contributed by atoms with Crippen molar-refractivity contribution in [3.63, 3.8) is 0 Å². The van der Waals surface area contributed by atoms with E-state index in [2.05, 4.69) is 10.3 Å². The van der Waals surface area contributed by atoms with Crippen molar-refractivity contribution in [3.05, 3.63) is 46.5 Å². The maximum Gasteiger partial charge on any atom is 0.357 e. The molecule has 2 aromatic rings. The number of esters is 1. The maximum atomic E-state index is 13.7. The van der Waals surface area contributed by atoms with Gasteiger partial charge in [-0.15, -0.1) is 11.3 Å². The van der Waals surface area contributed by atoms with Crippen LogP contribution in [-0.2, 0) is 14.3 Å². The summed E-state index contributed by atoms with van der Waals surface area (Å²) in [6.45, 7) is 2.81. The van der Waals surface area contributed by atoms with E-state index in [0.717, 1.165) is 31.2 Å². The van der Waals surface area contributed by atoms with E-state index < -0.39 is 17.4 Å². The molecular formula is C23H27N3O5S. The lowest BCUT2D eigenvalue weighted by Gasteiger charge is -2.50. The molecule has 8 nitrogen and oxygen atoms in total. The zero-order valence-electron chi connectivity index (χ0n) is 18.3. The first kappa shape index (κ1) is 22.4. The first-order valence-electron chi connectivity index (χ1n) is 10.8. The van der Waals surface area contributed by atoms with Crippen LogP contribution in [0.5, 0.6) is 0 Å². The van der Waals surface area contributed by atoms with Crippen molar-refractivity contribution in [3.8, 4) is 0 Å². The lowest BCUT2D eigenvalue weighted by molar-refractivity contribution is -0.121. The molecule has 1 saturated carbocycles. The number of carbonyl (C=O) groups is 3. The van der Waals surface area contributed by atoms with Gasteiger partial charge in [0.05, 0.1) is 24.7 Å². The SMILES string of the molecule is CCOC(=O)c1csc(NC(=O)[C@H]2c3ccccc3C(=O)N(CCOC)C23CCCC3)n1. The Kier molecular flexibility index (Phi) is 6.57. The largest absolute Gasteiger partial charge is 0.461 e. The Morgan fingerprint density at radius 3 is 2.75 bits per heavy atom. The minimum Gasteiger partial charge on any atom is -0.461 e. The third-order valence-corrected chi connectivity index (χ3v) is 7.05. The molecule has 0 radical (unpaired) electrons. The van der Waals surface area contributed by atoms with Gasteiger partial charge >= 0.3 is 5.97 Å². The molecule has 2 heterocycles. The van der Waals surface area contributed by atoms with Crippen LogP contribution < -0.4 is 5.32 Å². The summed E-state index contributed by atoms with van der Waals surface area (Å²) < 4.78 is 10.3. The number of nitrogens with one attached hydrogen (secondary N) is 1. The molecule has 1 aromatic heterocycles. The van der Waals surface area contributed by atoms with Gasteiger partial charge in [-0.3, -0.25) is 9.59 Å². The van der Waals surface area contributed by atoms with Crippen LogP contribution in [0.15, 0.2) is 29.6 Å². The van der Waals surface area contributed by atoms with Crippen LogP contribution in [0, 0.1) is 0 Å². The van der Waals surface area contributed by atoms with Crippen molar-refractivity contribution in [2.24, 2.45) is 0 Å². The number of amides is 2. The van der Waals surface area contributed by atoms with E-state index >= 15 is 0 Å². The van der Waals surface area contributed by atoms with Gasteiger partial charge in [-0.1, -0.05) is 31.0 Å². The number of hydrogen-bond donors (Lipinski definition) is 1. The predicted molar refractivity (Wildman–Crippen MR) is 120 cm³/mol. The highest BCUT2D eigenvalue weighted by atomic mass is 32.1. The third kappa shape index (κ3) is 3.91. The lowest BCUT2D eigenvalue weighted by Crippen LogP contribution is -2.60. The Labute approximate surface area is 190 Å². The highest BCUT2D eigenvalue weighted by Gasteiger charge is 2.55. The number of hydrogen-bond acceptors (Lipinski definition) is 7. The molecule has 32 heavy (non-hydrogen) atoms. The molecule has 4 rings (SSSR count). The van der Waals surface area contributed by atoms with Crippen molar-refractivity contribution >= 4 is 34.3 Å². The Morgan fingerprint density at radius 1 is 1.28 bits per heavy atom. The molecule has 1 spiro atoms. The summed E-state index contributed by atoms with van der Waals surface area (Å²) in [6, 6.07) is 7.33.